The summed E-state index contributed by atoms with van der Waals surface area (Å²) < 4.78 is 55.3. The van der Waals surface area contributed by atoms with E-state index in [0.29, 0.717) is 0 Å². The monoisotopic (exact) mass is 340 g/mol. The first-order chi connectivity index (χ1) is 11.1. The van der Waals surface area contributed by atoms with Gasteiger partial charge in [0.1, 0.15) is 5.82 Å². The Morgan fingerprint density at radius 2 is 1.75 bits per heavy atom. The minimum absolute atomic E-state index is 0.0856. The van der Waals surface area contributed by atoms with Gasteiger partial charge in [-0.15, -0.1) is 0 Å². The lowest BCUT2D eigenvalue weighted by atomic mass is 9.93. The summed E-state index contributed by atoms with van der Waals surface area (Å²) in [4.78, 5) is 11.9. The fourth-order valence-corrected chi connectivity index (χ4v) is 3.02. The molecule has 0 spiro atoms. The third-order valence-electron chi connectivity index (χ3n) is 4.25. The molecule has 1 aliphatic heterocycles. The summed E-state index contributed by atoms with van der Waals surface area (Å²) >= 11 is 0. The van der Waals surface area contributed by atoms with E-state index in [0.717, 1.165) is 17.1 Å². The maximum atomic E-state index is 13.9. The molecule has 0 saturated carbocycles. The number of nitrogens with zero attached hydrogens (tertiary/aromatic N) is 1. The summed E-state index contributed by atoms with van der Waals surface area (Å²) in [6.45, 7) is 3.07. The largest absolute Gasteiger partial charge is 0.409 e. The van der Waals surface area contributed by atoms with Crippen molar-refractivity contribution in [2.75, 3.05) is 6.54 Å². The molecule has 7 heteroatoms. The van der Waals surface area contributed by atoms with Gasteiger partial charge in [0.15, 0.2) is 6.04 Å². The molecule has 24 heavy (non-hydrogen) atoms. The lowest BCUT2D eigenvalue weighted by Gasteiger charge is -2.30. The Hall–Kier alpha value is -2.15. The Labute approximate surface area is 136 Å². The molecule has 0 radical (unpaired) electrons. The molecule has 0 bridgehead atoms. The molecular formula is C17H16F4N2O. The lowest BCUT2D eigenvalue weighted by Crippen LogP contribution is -2.43. The van der Waals surface area contributed by atoms with E-state index in [9.17, 15) is 22.4 Å². The topological polar surface area (TPSA) is 32.3 Å². The van der Waals surface area contributed by atoms with E-state index >= 15 is 0 Å². The minimum atomic E-state index is -4.63. The van der Waals surface area contributed by atoms with Gasteiger partial charge < -0.3 is 0 Å². The molecule has 3 rings (SSSR count). The predicted octanol–water partition coefficient (Wildman–Crippen LogP) is 3.96. The number of rotatable bonds is 2. The highest BCUT2D eigenvalue weighted by Crippen LogP contribution is 2.42. The highest BCUT2D eigenvalue weighted by atomic mass is 19.4. The summed E-state index contributed by atoms with van der Waals surface area (Å²) in [5.74, 6) is -1.05. The first kappa shape index (κ1) is 16.7. The van der Waals surface area contributed by atoms with Crippen LogP contribution in [0.1, 0.15) is 25.5 Å². The molecule has 1 heterocycles. The molecule has 3 nitrogen and oxygen atoms in total. The van der Waals surface area contributed by atoms with Crippen LogP contribution in [-0.2, 0) is 4.79 Å². The molecule has 1 amide bonds. The van der Waals surface area contributed by atoms with Crippen molar-refractivity contribution in [3.05, 3.63) is 47.8 Å². The van der Waals surface area contributed by atoms with E-state index in [-0.39, 0.29) is 22.9 Å². The quantitative estimate of drug-likeness (QED) is 0.840. The van der Waals surface area contributed by atoms with E-state index in [1.807, 2.05) is 0 Å². The Bertz CT molecular complexity index is 801. The van der Waals surface area contributed by atoms with Crippen LogP contribution in [0.3, 0.4) is 0 Å². The summed E-state index contributed by atoms with van der Waals surface area (Å²) in [5, 5.41) is 1.19. The molecule has 1 saturated heterocycles. The molecule has 1 unspecified atom stereocenters. The number of carbonyl (C=O) groups is 1. The highest BCUT2D eigenvalue weighted by molar-refractivity contribution is 5.87. The molecule has 0 aliphatic carbocycles. The Balaban J connectivity index is 2.16. The zero-order valence-electron chi connectivity index (χ0n) is 13.1. The van der Waals surface area contributed by atoms with Crippen molar-refractivity contribution in [2.24, 2.45) is 5.41 Å². The van der Waals surface area contributed by atoms with Crippen molar-refractivity contribution in [2.45, 2.75) is 26.1 Å². The van der Waals surface area contributed by atoms with E-state index in [1.165, 1.54) is 12.1 Å². The number of benzene rings is 2. The molecule has 2 aromatic carbocycles. The molecular weight excluding hydrogens is 324 g/mol. The van der Waals surface area contributed by atoms with Crippen molar-refractivity contribution in [3.63, 3.8) is 0 Å². The van der Waals surface area contributed by atoms with Crippen molar-refractivity contribution in [3.8, 4) is 0 Å². The number of hydrogen-bond donors (Lipinski definition) is 1. The van der Waals surface area contributed by atoms with Crippen molar-refractivity contribution < 1.29 is 22.4 Å². The van der Waals surface area contributed by atoms with Gasteiger partial charge in [0.25, 0.3) is 0 Å². The Kier molecular flexibility index (Phi) is 3.79. The molecule has 1 atom stereocenters. The predicted molar refractivity (Wildman–Crippen MR) is 81.3 cm³/mol. The van der Waals surface area contributed by atoms with Crippen LogP contribution < -0.4 is 5.43 Å². The van der Waals surface area contributed by atoms with Gasteiger partial charge >= 0.3 is 6.18 Å². The second-order valence-corrected chi connectivity index (χ2v) is 6.58. The number of fused-ring (bicyclic) bond motifs is 1. The van der Waals surface area contributed by atoms with Crippen LogP contribution in [0.15, 0.2) is 36.4 Å². The Morgan fingerprint density at radius 1 is 1.12 bits per heavy atom. The van der Waals surface area contributed by atoms with Gasteiger partial charge in [-0.05, 0) is 30.9 Å². The summed E-state index contributed by atoms with van der Waals surface area (Å²) in [6, 6.07) is 6.13. The summed E-state index contributed by atoms with van der Waals surface area (Å²) in [7, 11) is 0. The summed E-state index contributed by atoms with van der Waals surface area (Å²) in [6.07, 6.45) is -4.63. The van der Waals surface area contributed by atoms with Gasteiger partial charge in [0.05, 0.1) is 5.41 Å². The highest BCUT2D eigenvalue weighted by Gasteiger charge is 2.51. The summed E-state index contributed by atoms with van der Waals surface area (Å²) in [5.41, 5.74) is 1.29. The standard InChI is InChI=1S/C17H16F4N2O/c1-16(2)9-23(22-15(16)24)14(17(19,20)21)12-7-8-13(18)11-6-4-3-5-10(11)12/h3-8,14H,9H2,1-2H3,(H,22,24). The van der Waals surface area contributed by atoms with Gasteiger partial charge in [0, 0.05) is 11.9 Å². The van der Waals surface area contributed by atoms with Crippen LogP contribution in [0.25, 0.3) is 10.8 Å². The van der Waals surface area contributed by atoms with E-state index < -0.39 is 29.4 Å². The zero-order chi connectivity index (χ0) is 17.7. The Morgan fingerprint density at radius 3 is 2.29 bits per heavy atom. The lowest BCUT2D eigenvalue weighted by molar-refractivity contribution is -0.191. The van der Waals surface area contributed by atoms with Crippen molar-refractivity contribution in [1.82, 2.24) is 10.4 Å². The second kappa shape index (κ2) is 5.44. The molecule has 0 aromatic heterocycles. The van der Waals surface area contributed by atoms with Crippen LogP contribution in [-0.4, -0.2) is 23.6 Å². The third kappa shape index (κ3) is 2.73. The molecule has 2 aromatic rings. The number of hydrazine groups is 1. The number of nitrogens with one attached hydrogen (secondary N) is 1. The van der Waals surface area contributed by atoms with Crippen molar-refractivity contribution >= 4 is 16.7 Å². The van der Waals surface area contributed by atoms with Gasteiger partial charge in [-0.1, -0.05) is 30.3 Å². The van der Waals surface area contributed by atoms with Gasteiger partial charge in [0.2, 0.25) is 5.91 Å². The maximum Gasteiger partial charge on any atom is 0.409 e. The number of amides is 1. The first-order valence-corrected chi connectivity index (χ1v) is 7.43. The van der Waals surface area contributed by atoms with Crippen LogP contribution >= 0.6 is 0 Å². The number of halogens is 4. The van der Waals surface area contributed by atoms with Crippen LogP contribution in [0.2, 0.25) is 0 Å². The average molecular weight is 340 g/mol. The first-order valence-electron chi connectivity index (χ1n) is 7.43. The normalized spacial score (nSPS) is 19.5. The maximum absolute atomic E-state index is 13.9. The van der Waals surface area contributed by atoms with E-state index in [1.54, 1.807) is 26.0 Å². The smallest absolute Gasteiger partial charge is 0.287 e. The molecule has 1 N–H and O–H groups in total. The fourth-order valence-electron chi connectivity index (χ4n) is 3.02. The van der Waals surface area contributed by atoms with Crippen LogP contribution in [0.4, 0.5) is 17.6 Å². The average Bonchev–Trinajstić information content (AvgIpc) is 2.74. The van der Waals surface area contributed by atoms with Crippen LogP contribution in [0.5, 0.6) is 0 Å². The SMILES string of the molecule is CC1(C)CN(C(c2ccc(F)c3ccccc23)C(F)(F)F)NC1=O. The van der Waals surface area contributed by atoms with Gasteiger partial charge in [-0.3, -0.25) is 10.2 Å². The molecule has 1 aliphatic rings. The zero-order valence-corrected chi connectivity index (χ0v) is 13.1. The van der Waals surface area contributed by atoms with E-state index in [2.05, 4.69) is 5.43 Å². The molecule has 128 valence electrons. The fraction of sp³-hybridized carbons (Fsp3) is 0.353. The second-order valence-electron chi connectivity index (χ2n) is 6.58. The minimum Gasteiger partial charge on any atom is -0.287 e. The van der Waals surface area contributed by atoms with Gasteiger partial charge in [-0.2, -0.15) is 13.2 Å². The van der Waals surface area contributed by atoms with E-state index in [4.69, 9.17) is 0 Å². The number of alkyl halides is 3. The van der Waals surface area contributed by atoms with Crippen LogP contribution in [0, 0.1) is 11.2 Å². The van der Waals surface area contributed by atoms with Crippen molar-refractivity contribution in [1.29, 1.82) is 0 Å². The third-order valence-corrected chi connectivity index (χ3v) is 4.25. The number of carbonyl (C=O) groups excluding carboxylic acids is 1. The van der Waals surface area contributed by atoms with Gasteiger partial charge in [-0.25, -0.2) is 9.40 Å². The molecule has 1 fully saturated rings. The number of hydrogen-bond acceptors (Lipinski definition) is 2.